The maximum atomic E-state index is 12.1. The molecule has 0 aromatic carbocycles. The fraction of sp³-hybridized carbons (Fsp3) is 0.600. The number of hydrogen-bond donors (Lipinski definition) is 2. The van der Waals surface area contributed by atoms with Crippen LogP contribution in [0.1, 0.15) is 24.2 Å². The smallest absolute Gasteiger partial charge is 0.244 e. The Morgan fingerprint density at radius 1 is 1.50 bits per heavy atom. The highest BCUT2D eigenvalue weighted by Gasteiger charge is 2.22. The van der Waals surface area contributed by atoms with Crippen molar-refractivity contribution >= 4 is 27.2 Å². The standard InChI is InChI=1S/C10H18N4O2S2/c1-7-10(8(2)14(3)13-7)18(15,16)12-6-4-5-9(11)17/h12H,4-6H2,1-3H3,(H2,11,17). The summed E-state index contributed by atoms with van der Waals surface area (Å²) >= 11 is 4.73. The predicted molar refractivity (Wildman–Crippen MR) is 73.9 cm³/mol. The van der Waals surface area contributed by atoms with E-state index in [9.17, 15) is 8.42 Å². The molecule has 0 spiro atoms. The number of nitrogens with one attached hydrogen (secondary N) is 1. The summed E-state index contributed by atoms with van der Waals surface area (Å²) in [7, 11) is -1.80. The second kappa shape index (κ2) is 5.77. The minimum Gasteiger partial charge on any atom is -0.393 e. The summed E-state index contributed by atoms with van der Waals surface area (Å²) in [5, 5.41) is 4.09. The molecule has 0 saturated carbocycles. The highest BCUT2D eigenvalue weighted by molar-refractivity contribution is 7.89. The van der Waals surface area contributed by atoms with Crippen LogP contribution in [0.2, 0.25) is 0 Å². The van der Waals surface area contributed by atoms with Crippen LogP contribution in [0.5, 0.6) is 0 Å². The Morgan fingerprint density at radius 3 is 2.56 bits per heavy atom. The zero-order valence-corrected chi connectivity index (χ0v) is 12.4. The molecule has 0 radical (unpaired) electrons. The minimum atomic E-state index is -3.52. The highest BCUT2D eigenvalue weighted by Crippen LogP contribution is 2.18. The van der Waals surface area contributed by atoms with E-state index in [0.717, 1.165) is 0 Å². The van der Waals surface area contributed by atoms with Crippen LogP contribution >= 0.6 is 12.2 Å². The van der Waals surface area contributed by atoms with Gasteiger partial charge in [-0.1, -0.05) is 12.2 Å². The lowest BCUT2D eigenvalue weighted by Crippen LogP contribution is -2.26. The van der Waals surface area contributed by atoms with Crippen LogP contribution < -0.4 is 10.5 Å². The van der Waals surface area contributed by atoms with Gasteiger partial charge in [0.2, 0.25) is 10.0 Å². The van der Waals surface area contributed by atoms with Gasteiger partial charge in [-0.15, -0.1) is 0 Å². The monoisotopic (exact) mass is 290 g/mol. The normalized spacial score (nSPS) is 11.7. The predicted octanol–water partition coefficient (Wildman–Crippen LogP) is 0.382. The van der Waals surface area contributed by atoms with Crippen molar-refractivity contribution in [3.8, 4) is 0 Å². The molecule has 0 bridgehead atoms. The van der Waals surface area contributed by atoms with Crippen LogP contribution in [0.4, 0.5) is 0 Å². The molecule has 1 heterocycles. The third-order valence-corrected chi connectivity index (χ3v) is 4.52. The molecule has 3 N–H and O–H groups in total. The van der Waals surface area contributed by atoms with Crippen molar-refractivity contribution in [2.45, 2.75) is 31.6 Å². The molecule has 6 nitrogen and oxygen atoms in total. The van der Waals surface area contributed by atoms with Gasteiger partial charge < -0.3 is 5.73 Å². The van der Waals surface area contributed by atoms with E-state index in [0.29, 0.717) is 35.8 Å². The first-order chi connectivity index (χ1) is 8.25. The molecule has 18 heavy (non-hydrogen) atoms. The van der Waals surface area contributed by atoms with Crippen molar-refractivity contribution in [2.75, 3.05) is 6.54 Å². The van der Waals surface area contributed by atoms with Gasteiger partial charge in [0.25, 0.3) is 0 Å². The van der Waals surface area contributed by atoms with Gasteiger partial charge in [-0.25, -0.2) is 13.1 Å². The van der Waals surface area contributed by atoms with Crippen molar-refractivity contribution in [3.63, 3.8) is 0 Å². The van der Waals surface area contributed by atoms with E-state index < -0.39 is 10.0 Å². The zero-order chi connectivity index (χ0) is 13.9. The summed E-state index contributed by atoms with van der Waals surface area (Å²) in [4.78, 5) is 0.642. The third-order valence-electron chi connectivity index (χ3n) is 2.60. The summed E-state index contributed by atoms with van der Waals surface area (Å²) < 4.78 is 28.3. The van der Waals surface area contributed by atoms with Crippen LogP contribution in [0, 0.1) is 13.8 Å². The second-order valence-corrected chi connectivity index (χ2v) is 6.32. The molecule has 0 saturated heterocycles. The van der Waals surface area contributed by atoms with Crippen LogP contribution in [-0.2, 0) is 17.1 Å². The summed E-state index contributed by atoms with van der Waals surface area (Å²) in [6.45, 7) is 3.72. The number of rotatable bonds is 6. The molecule has 0 aliphatic rings. The van der Waals surface area contributed by atoms with Gasteiger partial charge in [0, 0.05) is 13.6 Å². The molecular weight excluding hydrogens is 272 g/mol. The van der Waals surface area contributed by atoms with E-state index in [2.05, 4.69) is 9.82 Å². The van der Waals surface area contributed by atoms with Gasteiger partial charge in [-0.3, -0.25) is 4.68 Å². The summed E-state index contributed by atoms with van der Waals surface area (Å²) in [5.74, 6) is 0. The van der Waals surface area contributed by atoms with Crippen molar-refractivity contribution in [2.24, 2.45) is 12.8 Å². The Kier molecular flexibility index (Phi) is 4.83. The molecule has 0 atom stereocenters. The van der Waals surface area contributed by atoms with Crippen molar-refractivity contribution in [1.82, 2.24) is 14.5 Å². The fourth-order valence-electron chi connectivity index (χ4n) is 1.68. The Hall–Kier alpha value is -0.990. The molecule has 0 fully saturated rings. The number of hydrogen-bond acceptors (Lipinski definition) is 4. The van der Waals surface area contributed by atoms with Crippen LogP contribution in [-0.4, -0.2) is 29.7 Å². The minimum absolute atomic E-state index is 0.250. The summed E-state index contributed by atoms with van der Waals surface area (Å²) in [6, 6.07) is 0. The second-order valence-electron chi connectivity index (χ2n) is 4.09. The fourth-order valence-corrected chi connectivity index (χ4v) is 3.34. The summed E-state index contributed by atoms with van der Waals surface area (Å²) in [6.07, 6.45) is 1.12. The van der Waals surface area contributed by atoms with Gasteiger partial charge in [-0.2, -0.15) is 5.10 Å². The zero-order valence-electron chi connectivity index (χ0n) is 10.7. The summed E-state index contributed by atoms with van der Waals surface area (Å²) in [5.41, 5.74) is 6.46. The van der Waals surface area contributed by atoms with E-state index in [-0.39, 0.29) is 4.90 Å². The van der Waals surface area contributed by atoms with Crippen molar-refractivity contribution in [3.05, 3.63) is 11.4 Å². The first kappa shape index (κ1) is 15.1. The van der Waals surface area contributed by atoms with Crippen molar-refractivity contribution < 1.29 is 8.42 Å². The first-order valence-electron chi connectivity index (χ1n) is 5.54. The molecule has 0 aliphatic heterocycles. The lowest BCUT2D eigenvalue weighted by molar-refractivity contribution is 0.578. The maximum absolute atomic E-state index is 12.1. The number of aryl methyl sites for hydroxylation is 2. The first-order valence-corrected chi connectivity index (χ1v) is 7.43. The number of aromatic nitrogens is 2. The molecular formula is C10H18N4O2S2. The molecule has 0 aliphatic carbocycles. The third kappa shape index (κ3) is 3.50. The van der Waals surface area contributed by atoms with E-state index in [1.807, 2.05) is 0 Å². The lowest BCUT2D eigenvalue weighted by atomic mass is 10.3. The van der Waals surface area contributed by atoms with Crippen LogP contribution in [0.15, 0.2) is 4.90 Å². The van der Waals surface area contributed by atoms with E-state index in [1.165, 1.54) is 0 Å². The Bertz CT molecular complexity index is 548. The van der Waals surface area contributed by atoms with E-state index in [4.69, 9.17) is 18.0 Å². The lowest BCUT2D eigenvalue weighted by Gasteiger charge is -2.06. The topological polar surface area (TPSA) is 90.0 Å². The van der Waals surface area contributed by atoms with E-state index >= 15 is 0 Å². The molecule has 1 aromatic rings. The molecule has 8 heteroatoms. The maximum Gasteiger partial charge on any atom is 0.244 e. The van der Waals surface area contributed by atoms with Gasteiger partial charge in [-0.05, 0) is 26.7 Å². The largest absolute Gasteiger partial charge is 0.393 e. The molecule has 102 valence electrons. The van der Waals surface area contributed by atoms with Crippen LogP contribution in [0.25, 0.3) is 0 Å². The molecule has 0 unspecified atom stereocenters. The van der Waals surface area contributed by atoms with Crippen LogP contribution in [0.3, 0.4) is 0 Å². The number of nitrogens with two attached hydrogens (primary N) is 1. The Morgan fingerprint density at radius 2 is 2.11 bits per heavy atom. The van der Waals surface area contributed by atoms with Gasteiger partial charge in [0.05, 0.1) is 16.4 Å². The van der Waals surface area contributed by atoms with Gasteiger partial charge in [0.1, 0.15) is 4.90 Å². The number of thiocarbonyl (C=S) groups is 1. The SMILES string of the molecule is Cc1nn(C)c(C)c1S(=O)(=O)NCCCC(N)=S. The van der Waals surface area contributed by atoms with E-state index in [1.54, 1.807) is 25.6 Å². The average molecular weight is 290 g/mol. The number of nitrogens with zero attached hydrogens (tertiary/aromatic N) is 2. The van der Waals surface area contributed by atoms with Crippen molar-refractivity contribution in [1.29, 1.82) is 0 Å². The quantitative estimate of drug-likeness (QED) is 0.584. The Labute approximate surface area is 113 Å². The van der Waals surface area contributed by atoms with Gasteiger partial charge in [0.15, 0.2) is 0 Å². The molecule has 1 aromatic heterocycles. The molecule has 1 rings (SSSR count). The Balaban J connectivity index is 2.78. The number of sulfonamides is 1. The average Bonchev–Trinajstić information content (AvgIpc) is 2.48. The van der Waals surface area contributed by atoms with Gasteiger partial charge >= 0.3 is 0 Å². The highest BCUT2D eigenvalue weighted by atomic mass is 32.2. The molecule has 0 amide bonds.